The predicted octanol–water partition coefficient (Wildman–Crippen LogP) is 3.82. The number of aryl methyl sites for hydroxylation is 1. The number of furan rings is 1. The Hall–Kier alpha value is -2.27. The van der Waals surface area contributed by atoms with Gasteiger partial charge in [0.25, 0.3) is 5.91 Å². The fourth-order valence-corrected chi connectivity index (χ4v) is 2.89. The summed E-state index contributed by atoms with van der Waals surface area (Å²) in [5, 5.41) is 0.667. The van der Waals surface area contributed by atoms with Gasteiger partial charge in [0.2, 0.25) is 0 Å². The highest BCUT2D eigenvalue weighted by atomic mass is 32.2. The predicted molar refractivity (Wildman–Crippen MR) is 85.3 cm³/mol. The molecule has 0 radical (unpaired) electrons. The molecule has 4 nitrogen and oxygen atoms in total. The van der Waals surface area contributed by atoms with E-state index in [9.17, 15) is 4.79 Å². The van der Waals surface area contributed by atoms with Gasteiger partial charge in [-0.2, -0.15) is 0 Å². The Bertz CT molecular complexity index is 732. The van der Waals surface area contributed by atoms with E-state index in [4.69, 9.17) is 4.42 Å². The van der Waals surface area contributed by atoms with E-state index in [1.54, 1.807) is 18.0 Å². The molecule has 106 valence electrons. The van der Waals surface area contributed by atoms with E-state index in [0.29, 0.717) is 15.8 Å². The molecule has 1 saturated heterocycles. The van der Waals surface area contributed by atoms with Crippen molar-refractivity contribution in [2.45, 2.75) is 6.92 Å². The molecule has 3 rings (SSSR count). The molecule has 0 spiro atoms. The van der Waals surface area contributed by atoms with Crippen LogP contribution in [-0.2, 0) is 4.79 Å². The summed E-state index contributed by atoms with van der Waals surface area (Å²) in [6, 6.07) is 13.3. The minimum Gasteiger partial charge on any atom is -0.462 e. The number of hydrogen-bond acceptors (Lipinski definition) is 4. The van der Waals surface area contributed by atoms with Gasteiger partial charge in [-0.1, -0.05) is 18.2 Å². The van der Waals surface area contributed by atoms with Gasteiger partial charge in [-0.15, -0.1) is 0 Å². The second-order valence-corrected chi connectivity index (χ2v) is 5.66. The molecule has 1 aromatic heterocycles. The first-order valence-electron chi connectivity index (χ1n) is 6.51. The Morgan fingerprint density at radius 1 is 1.19 bits per heavy atom. The van der Waals surface area contributed by atoms with Crippen molar-refractivity contribution in [2.75, 3.05) is 7.05 Å². The minimum absolute atomic E-state index is 0.0660. The van der Waals surface area contributed by atoms with Crippen molar-refractivity contribution in [3.63, 3.8) is 0 Å². The number of rotatable bonds is 2. The average molecular weight is 298 g/mol. The van der Waals surface area contributed by atoms with Crippen LogP contribution in [0.2, 0.25) is 0 Å². The standard InChI is InChI=1S/C16H14N2O2S/c1-11-8-9-13(20-11)10-14-15(19)18(2)16(21-14)17-12-6-4-3-5-7-12/h3-10H,1-2H3/b14-10+,17-16?. The maximum absolute atomic E-state index is 12.2. The first kappa shape index (κ1) is 13.7. The Morgan fingerprint density at radius 3 is 2.62 bits per heavy atom. The van der Waals surface area contributed by atoms with Crippen molar-refractivity contribution < 1.29 is 9.21 Å². The number of amides is 1. The highest BCUT2D eigenvalue weighted by Gasteiger charge is 2.30. The summed E-state index contributed by atoms with van der Waals surface area (Å²) < 4.78 is 5.48. The van der Waals surface area contributed by atoms with Crippen LogP contribution >= 0.6 is 11.8 Å². The number of likely N-dealkylation sites (N-methyl/N-ethyl adjacent to an activating group) is 1. The molecular formula is C16H14N2O2S. The van der Waals surface area contributed by atoms with Gasteiger partial charge in [-0.05, 0) is 43.0 Å². The minimum atomic E-state index is -0.0660. The van der Waals surface area contributed by atoms with Crippen LogP contribution in [0.15, 0.2) is 56.8 Å². The largest absolute Gasteiger partial charge is 0.462 e. The fourth-order valence-electron chi connectivity index (χ4n) is 1.92. The molecule has 1 aliphatic rings. The molecule has 1 aliphatic heterocycles. The van der Waals surface area contributed by atoms with E-state index in [0.717, 1.165) is 11.4 Å². The smallest absolute Gasteiger partial charge is 0.266 e. The Labute approximate surface area is 127 Å². The Kier molecular flexibility index (Phi) is 3.66. The molecule has 0 atom stereocenters. The van der Waals surface area contributed by atoms with Gasteiger partial charge >= 0.3 is 0 Å². The van der Waals surface area contributed by atoms with Gasteiger partial charge in [0.1, 0.15) is 11.5 Å². The molecule has 21 heavy (non-hydrogen) atoms. The molecule has 5 heteroatoms. The van der Waals surface area contributed by atoms with Crippen LogP contribution in [0.4, 0.5) is 5.69 Å². The molecule has 1 aromatic carbocycles. The highest BCUT2D eigenvalue weighted by Crippen LogP contribution is 2.33. The van der Waals surface area contributed by atoms with E-state index in [1.807, 2.05) is 49.4 Å². The van der Waals surface area contributed by atoms with Crippen LogP contribution in [0.25, 0.3) is 6.08 Å². The molecule has 0 bridgehead atoms. The number of benzene rings is 1. The molecular weight excluding hydrogens is 284 g/mol. The van der Waals surface area contributed by atoms with Crippen molar-refractivity contribution in [2.24, 2.45) is 4.99 Å². The topological polar surface area (TPSA) is 45.8 Å². The maximum atomic E-state index is 12.2. The average Bonchev–Trinajstić information content (AvgIpc) is 3.00. The van der Waals surface area contributed by atoms with Crippen LogP contribution in [0, 0.1) is 6.92 Å². The first-order valence-corrected chi connectivity index (χ1v) is 7.33. The number of carbonyl (C=O) groups is 1. The number of carbonyl (C=O) groups excluding carboxylic acids is 1. The van der Waals surface area contributed by atoms with Gasteiger partial charge in [-0.3, -0.25) is 9.69 Å². The van der Waals surface area contributed by atoms with E-state index in [2.05, 4.69) is 4.99 Å². The van der Waals surface area contributed by atoms with Gasteiger partial charge in [-0.25, -0.2) is 4.99 Å². The molecule has 0 saturated carbocycles. The monoisotopic (exact) mass is 298 g/mol. The summed E-state index contributed by atoms with van der Waals surface area (Å²) in [5.41, 5.74) is 0.828. The third kappa shape index (κ3) is 2.92. The first-order chi connectivity index (χ1) is 10.1. The van der Waals surface area contributed by atoms with Crippen LogP contribution in [-0.4, -0.2) is 23.0 Å². The molecule has 2 heterocycles. The number of thioether (sulfide) groups is 1. The zero-order valence-corrected chi connectivity index (χ0v) is 12.6. The third-order valence-corrected chi connectivity index (χ3v) is 4.08. The van der Waals surface area contributed by atoms with Crippen LogP contribution in [0.1, 0.15) is 11.5 Å². The van der Waals surface area contributed by atoms with Crippen molar-refractivity contribution >= 4 is 34.6 Å². The lowest BCUT2D eigenvalue weighted by molar-refractivity contribution is -0.121. The number of nitrogens with zero attached hydrogens (tertiary/aromatic N) is 2. The van der Waals surface area contributed by atoms with Crippen molar-refractivity contribution in [3.8, 4) is 0 Å². The number of amidine groups is 1. The van der Waals surface area contributed by atoms with Gasteiger partial charge < -0.3 is 4.42 Å². The second-order valence-electron chi connectivity index (χ2n) is 4.65. The lowest BCUT2D eigenvalue weighted by atomic mass is 10.3. The highest BCUT2D eigenvalue weighted by molar-refractivity contribution is 8.18. The molecule has 1 amide bonds. The fraction of sp³-hybridized carbons (Fsp3) is 0.125. The Balaban J connectivity index is 1.89. The maximum Gasteiger partial charge on any atom is 0.266 e. The lowest BCUT2D eigenvalue weighted by Gasteiger charge is -2.06. The molecule has 1 fully saturated rings. The van der Waals surface area contributed by atoms with E-state index in [1.165, 1.54) is 11.8 Å². The second kappa shape index (κ2) is 5.61. The van der Waals surface area contributed by atoms with Gasteiger partial charge in [0.15, 0.2) is 5.17 Å². The third-order valence-electron chi connectivity index (χ3n) is 3.02. The van der Waals surface area contributed by atoms with Crippen LogP contribution in [0.5, 0.6) is 0 Å². The zero-order valence-electron chi connectivity index (χ0n) is 11.7. The molecule has 0 unspecified atom stereocenters. The normalized spacial score (nSPS) is 19.0. The van der Waals surface area contributed by atoms with Crippen LogP contribution in [0.3, 0.4) is 0 Å². The summed E-state index contributed by atoms with van der Waals surface area (Å²) >= 11 is 1.35. The number of para-hydroxylation sites is 1. The summed E-state index contributed by atoms with van der Waals surface area (Å²) in [7, 11) is 1.73. The quantitative estimate of drug-likeness (QED) is 0.792. The van der Waals surface area contributed by atoms with E-state index >= 15 is 0 Å². The van der Waals surface area contributed by atoms with Gasteiger partial charge in [0.05, 0.1) is 10.6 Å². The van der Waals surface area contributed by atoms with Crippen molar-refractivity contribution in [1.29, 1.82) is 0 Å². The summed E-state index contributed by atoms with van der Waals surface area (Å²) in [4.78, 5) is 18.9. The number of hydrogen-bond donors (Lipinski definition) is 0. The molecule has 0 aliphatic carbocycles. The number of aliphatic imine (C=N–C) groups is 1. The van der Waals surface area contributed by atoms with E-state index < -0.39 is 0 Å². The SMILES string of the molecule is Cc1ccc(/C=C2/SC(=Nc3ccccc3)N(C)C2=O)o1. The Morgan fingerprint density at radius 2 is 1.95 bits per heavy atom. The summed E-state index contributed by atoms with van der Waals surface area (Å²) in [6.45, 7) is 1.88. The van der Waals surface area contributed by atoms with Gasteiger partial charge in [0, 0.05) is 13.1 Å². The lowest BCUT2D eigenvalue weighted by Crippen LogP contribution is -2.23. The molecule has 0 N–H and O–H groups in total. The van der Waals surface area contributed by atoms with Crippen molar-refractivity contribution in [1.82, 2.24) is 4.90 Å². The summed E-state index contributed by atoms with van der Waals surface area (Å²) in [5.74, 6) is 1.44. The molecule has 2 aromatic rings. The van der Waals surface area contributed by atoms with Crippen molar-refractivity contribution in [3.05, 3.63) is 58.9 Å². The van der Waals surface area contributed by atoms with Crippen LogP contribution < -0.4 is 0 Å². The van der Waals surface area contributed by atoms with E-state index in [-0.39, 0.29) is 5.91 Å². The summed E-state index contributed by atoms with van der Waals surface area (Å²) in [6.07, 6.45) is 1.75. The zero-order chi connectivity index (χ0) is 14.8.